The van der Waals surface area contributed by atoms with Crippen LogP contribution in [0.15, 0.2) is 65.4 Å². The molecule has 1 N–H and O–H groups in total. The van der Waals surface area contributed by atoms with Gasteiger partial charge in [-0.1, -0.05) is 25.6 Å². The number of pyridine rings is 1. The van der Waals surface area contributed by atoms with Gasteiger partial charge in [-0.3, -0.25) is 9.52 Å². The Morgan fingerprint density at radius 3 is 2.39 bits per heavy atom. The lowest BCUT2D eigenvalue weighted by molar-refractivity contribution is 0.561. The summed E-state index contributed by atoms with van der Waals surface area (Å²) in [7, 11) is -2.13. The lowest BCUT2D eigenvalue weighted by Gasteiger charge is -2.15. The lowest BCUT2D eigenvalue weighted by Crippen LogP contribution is -2.20. The number of hydrogen-bond acceptors (Lipinski definition) is 3. The van der Waals surface area contributed by atoms with Crippen molar-refractivity contribution in [2.45, 2.75) is 19.8 Å². The summed E-state index contributed by atoms with van der Waals surface area (Å²) in [6, 6.07) is 10.1. The number of aromatic nitrogens is 1. The van der Waals surface area contributed by atoms with Crippen molar-refractivity contribution >= 4 is 15.7 Å². The molecule has 0 bridgehead atoms. The van der Waals surface area contributed by atoms with Crippen molar-refractivity contribution in [3.63, 3.8) is 0 Å². The molecule has 1 heterocycles. The highest BCUT2D eigenvalue weighted by Gasteiger charge is 2.16. The summed E-state index contributed by atoms with van der Waals surface area (Å²) in [5.41, 5.74) is 2.36. The molecule has 8 heteroatoms. The van der Waals surface area contributed by atoms with E-state index in [1.54, 1.807) is 31.4 Å². The number of halogens is 2. The molecule has 2 aromatic carbocycles. The predicted molar refractivity (Wildman–Crippen MR) is 118 cm³/mol. The molecule has 0 unspecified atom stereocenters. The Kier molecular flexibility index (Phi) is 6.40. The summed E-state index contributed by atoms with van der Waals surface area (Å²) in [5, 5.41) is 0.788. The van der Waals surface area contributed by atoms with Gasteiger partial charge in [-0.25, -0.2) is 17.2 Å². The standard InChI is InChI=1S/C23H22F2N2O3S/c1-4-15-11-17(14-27(3)23(15)28)19-13-18(26-31(29,30)5-2)10-9-16(19)12-20-21(24)7-6-8-22(20)25/h5-11,13-14,26H,2,4,12H2,1,3H3. The Balaban J connectivity index is 2.21. The predicted octanol–water partition coefficient (Wildman–Crippen LogP) is 4.37. The van der Waals surface area contributed by atoms with Gasteiger partial charge in [-0.2, -0.15) is 0 Å². The van der Waals surface area contributed by atoms with E-state index in [-0.39, 0.29) is 23.2 Å². The number of nitrogens with one attached hydrogen (secondary N) is 1. The molecule has 3 rings (SSSR count). The molecule has 0 spiro atoms. The zero-order chi connectivity index (χ0) is 22.8. The fourth-order valence-electron chi connectivity index (χ4n) is 3.34. The van der Waals surface area contributed by atoms with Crippen molar-refractivity contribution < 1.29 is 17.2 Å². The maximum atomic E-state index is 14.3. The van der Waals surface area contributed by atoms with Crippen LogP contribution in [-0.4, -0.2) is 13.0 Å². The van der Waals surface area contributed by atoms with Gasteiger partial charge in [0.2, 0.25) is 0 Å². The second kappa shape index (κ2) is 8.85. The first-order valence-electron chi connectivity index (χ1n) is 9.56. The van der Waals surface area contributed by atoms with E-state index in [1.165, 1.54) is 28.8 Å². The van der Waals surface area contributed by atoms with Crippen LogP contribution in [0.1, 0.15) is 23.6 Å². The van der Waals surface area contributed by atoms with Crippen LogP contribution in [0.25, 0.3) is 11.1 Å². The minimum atomic E-state index is -3.75. The van der Waals surface area contributed by atoms with Crippen molar-refractivity contribution in [1.82, 2.24) is 4.57 Å². The Morgan fingerprint density at radius 1 is 1.10 bits per heavy atom. The summed E-state index contributed by atoms with van der Waals surface area (Å²) < 4.78 is 56.2. The fourth-order valence-corrected chi connectivity index (χ4v) is 3.88. The van der Waals surface area contributed by atoms with Crippen LogP contribution in [0.2, 0.25) is 0 Å². The Bertz CT molecular complexity index is 1290. The summed E-state index contributed by atoms with van der Waals surface area (Å²) in [5.74, 6) is -1.34. The normalized spacial score (nSPS) is 11.4. The lowest BCUT2D eigenvalue weighted by atomic mass is 9.94. The molecule has 5 nitrogen and oxygen atoms in total. The van der Waals surface area contributed by atoms with Crippen molar-refractivity contribution in [2.24, 2.45) is 7.05 Å². The molecule has 31 heavy (non-hydrogen) atoms. The molecule has 0 saturated heterocycles. The Morgan fingerprint density at radius 2 is 1.77 bits per heavy atom. The summed E-state index contributed by atoms with van der Waals surface area (Å²) >= 11 is 0. The first-order chi connectivity index (χ1) is 14.6. The zero-order valence-electron chi connectivity index (χ0n) is 17.2. The third-order valence-corrected chi connectivity index (χ3v) is 5.93. The van der Waals surface area contributed by atoms with Gasteiger partial charge in [0.15, 0.2) is 0 Å². The molecule has 0 fully saturated rings. The van der Waals surface area contributed by atoms with Gasteiger partial charge in [0.25, 0.3) is 15.6 Å². The van der Waals surface area contributed by atoms with Crippen LogP contribution in [0.4, 0.5) is 14.5 Å². The number of nitrogens with zero attached hydrogens (tertiary/aromatic N) is 1. The van der Waals surface area contributed by atoms with E-state index in [9.17, 15) is 22.0 Å². The van der Waals surface area contributed by atoms with Gasteiger partial charge in [0.05, 0.1) is 0 Å². The second-order valence-corrected chi connectivity index (χ2v) is 8.71. The van der Waals surface area contributed by atoms with Crippen LogP contribution in [0, 0.1) is 11.6 Å². The van der Waals surface area contributed by atoms with E-state index < -0.39 is 21.7 Å². The van der Waals surface area contributed by atoms with Crippen LogP contribution >= 0.6 is 0 Å². The van der Waals surface area contributed by atoms with Crippen LogP contribution < -0.4 is 10.3 Å². The Labute approximate surface area is 179 Å². The van der Waals surface area contributed by atoms with Gasteiger partial charge in [0, 0.05) is 41.9 Å². The number of sulfonamides is 1. The first kappa shape index (κ1) is 22.4. The molecule has 162 valence electrons. The Hall–Kier alpha value is -3.26. The smallest absolute Gasteiger partial charge is 0.254 e. The topological polar surface area (TPSA) is 68.2 Å². The van der Waals surface area contributed by atoms with Gasteiger partial charge in [0.1, 0.15) is 11.6 Å². The number of aryl methyl sites for hydroxylation is 2. The summed E-state index contributed by atoms with van der Waals surface area (Å²) in [6.45, 7) is 5.13. The van der Waals surface area contributed by atoms with E-state index >= 15 is 0 Å². The quantitative estimate of drug-likeness (QED) is 0.589. The SMILES string of the molecule is C=CS(=O)(=O)Nc1ccc(Cc2c(F)cccc2F)c(-c2cc(CC)c(=O)n(C)c2)c1. The van der Waals surface area contributed by atoms with Crippen molar-refractivity contribution in [2.75, 3.05) is 4.72 Å². The number of anilines is 1. The third kappa shape index (κ3) is 4.91. The monoisotopic (exact) mass is 444 g/mol. The molecular weight excluding hydrogens is 422 g/mol. The van der Waals surface area contributed by atoms with Gasteiger partial charge >= 0.3 is 0 Å². The van der Waals surface area contributed by atoms with E-state index in [4.69, 9.17) is 0 Å². The second-order valence-electron chi connectivity index (χ2n) is 7.09. The third-order valence-electron chi connectivity index (χ3n) is 4.97. The maximum Gasteiger partial charge on any atom is 0.254 e. The molecule has 0 aliphatic carbocycles. The minimum Gasteiger partial charge on any atom is -0.318 e. The van der Waals surface area contributed by atoms with E-state index in [0.29, 0.717) is 28.7 Å². The first-order valence-corrected chi connectivity index (χ1v) is 11.1. The molecular formula is C23H22F2N2O3S. The molecule has 0 atom stereocenters. The van der Waals surface area contributed by atoms with Gasteiger partial charge in [-0.05, 0) is 53.4 Å². The maximum absolute atomic E-state index is 14.3. The number of rotatable bonds is 7. The van der Waals surface area contributed by atoms with E-state index in [2.05, 4.69) is 11.3 Å². The van der Waals surface area contributed by atoms with Gasteiger partial charge < -0.3 is 4.57 Å². The fraction of sp³-hybridized carbons (Fsp3) is 0.174. The number of hydrogen-bond donors (Lipinski definition) is 1. The average Bonchev–Trinajstić information content (AvgIpc) is 2.73. The van der Waals surface area contributed by atoms with Crippen LogP contribution in [0.3, 0.4) is 0 Å². The molecule has 0 amide bonds. The highest BCUT2D eigenvalue weighted by Crippen LogP contribution is 2.30. The molecule has 0 radical (unpaired) electrons. The van der Waals surface area contributed by atoms with Crippen molar-refractivity contribution in [3.05, 3.63) is 99.3 Å². The number of benzene rings is 2. The molecule has 3 aromatic rings. The summed E-state index contributed by atoms with van der Waals surface area (Å²) in [4.78, 5) is 12.3. The summed E-state index contributed by atoms with van der Waals surface area (Å²) in [6.07, 6.45) is 2.07. The molecule has 0 aliphatic rings. The highest BCUT2D eigenvalue weighted by atomic mass is 32.2. The zero-order valence-corrected chi connectivity index (χ0v) is 18.0. The average molecular weight is 445 g/mol. The van der Waals surface area contributed by atoms with E-state index in [0.717, 1.165) is 5.41 Å². The van der Waals surface area contributed by atoms with Crippen LogP contribution in [-0.2, 0) is 29.9 Å². The minimum absolute atomic E-state index is 0.0490. The molecule has 1 aromatic heterocycles. The van der Waals surface area contributed by atoms with Crippen molar-refractivity contribution in [1.29, 1.82) is 0 Å². The highest BCUT2D eigenvalue weighted by molar-refractivity contribution is 7.95. The van der Waals surface area contributed by atoms with Crippen LogP contribution in [0.5, 0.6) is 0 Å². The van der Waals surface area contributed by atoms with Crippen molar-refractivity contribution in [3.8, 4) is 11.1 Å². The molecule has 0 aliphatic heterocycles. The van der Waals surface area contributed by atoms with E-state index in [1.807, 2.05) is 6.92 Å². The largest absolute Gasteiger partial charge is 0.318 e. The molecule has 0 saturated carbocycles. The van der Waals surface area contributed by atoms with Gasteiger partial charge in [-0.15, -0.1) is 0 Å².